The number of amides is 2. The first-order valence-corrected chi connectivity index (χ1v) is 16.3. The Morgan fingerprint density at radius 3 is 2.27 bits per heavy atom. The van der Waals surface area contributed by atoms with Crippen molar-refractivity contribution < 1.29 is 31.9 Å². The van der Waals surface area contributed by atoms with Crippen molar-refractivity contribution in [3.63, 3.8) is 0 Å². The predicted molar refractivity (Wildman–Crippen MR) is 167 cm³/mol. The molecule has 44 heavy (non-hydrogen) atoms. The molecule has 13 heteroatoms. The molecule has 1 atom stereocenters. The van der Waals surface area contributed by atoms with E-state index in [1.54, 1.807) is 25.1 Å². The van der Waals surface area contributed by atoms with Crippen LogP contribution in [0, 0.1) is 11.7 Å². The van der Waals surface area contributed by atoms with Gasteiger partial charge in [-0.15, -0.1) is 0 Å². The molecule has 0 saturated heterocycles. The molecule has 2 amide bonds. The minimum atomic E-state index is -4.40. The number of nitrogens with one attached hydrogen (secondary N) is 1. The van der Waals surface area contributed by atoms with Crippen LogP contribution in [0.4, 0.5) is 10.1 Å². The van der Waals surface area contributed by atoms with Crippen LogP contribution in [0.2, 0.25) is 10.0 Å². The van der Waals surface area contributed by atoms with E-state index in [-0.39, 0.29) is 52.8 Å². The number of rotatable bonds is 12. The van der Waals surface area contributed by atoms with E-state index in [0.717, 1.165) is 16.4 Å². The molecule has 0 radical (unpaired) electrons. The predicted octanol–water partition coefficient (Wildman–Crippen LogP) is 5.68. The molecule has 9 nitrogen and oxygen atoms in total. The summed E-state index contributed by atoms with van der Waals surface area (Å²) in [5, 5.41) is 3.46. The smallest absolute Gasteiger partial charge is 0.264 e. The fraction of sp³-hybridized carbons (Fsp3) is 0.355. The second-order valence-electron chi connectivity index (χ2n) is 10.6. The van der Waals surface area contributed by atoms with Gasteiger partial charge in [0.15, 0.2) is 11.5 Å². The maximum atomic E-state index is 14.2. The lowest BCUT2D eigenvalue weighted by Gasteiger charge is -2.33. The van der Waals surface area contributed by atoms with E-state index in [1.165, 1.54) is 35.2 Å². The quantitative estimate of drug-likeness (QED) is 0.267. The Hall–Kier alpha value is -3.54. The number of carbonyl (C=O) groups excluding carboxylic acids is 2. The van der Waals surface area contributed by atoms with Crippen LogP contribution in [-0.4, -0.2) is 57.5 Å². The van der Waals surface area contributed by atoms with Gasteiger partial charge in [0.25, 0.3) is 10.0 Å². The summed E-state index contributed by atoms with van der Waals surface area (Å²) in [4.78, 5) is 28.7. The molecule has 0 saturated carbocycles. The zero-order valence-corrected chi connectivity index (χ0v) is 26.9. The minimum Gasteiger partial charge on any atom is -0.486 e. The van der Waals surface area contributed by atoms with E-state index in [4.69, 9.17) is 32.7 Å². The zero-order chi connectivity index (χ0) is 32.0. The van der Waals surface area contributed by atoms with Crippen molar-refractivity contribution >= 4 is 50.7 Å². The van der Waals surface area contributed by atoms with Gasteiger partial charge in [-0.1, -0.05) is 50.0 Å². The summed E-state index contributed by atoms with van der Waals surface area (Å²) in [6.07, 6.45) is 0.252. The topological polar surface area (TPSA) is 105 Å². The summed E-state index contributed by atoms with van der Waals surface area (Å²) in [5.74, 6) is -0.806. The second kappa shape index (κ2) is 14.5. The van der Waals surface area contributed by atoms with Gasteiger partial charge in [0.1, 0.15) is 31.6 Å². The van der Waals surface area contributed by atoms with Gasteiger partial charge in [0.2, 0.25) is 11.8 Å². The zero-order valence-electron chi connectivity index (χ0n) is 24.6. The van der Waals surface area contributed by atoms with Crippen molar-refractivity contribution in [2.45, 2.75) is 44.7 Å². The molecule has 3 aromatic carbocycles. The Balaban J connectivity index is 1.74. The number of ether oxygens (including phenoxy) is 2. The number of hydrogen-bond donors (Lipinski definition) is 1. The van der Waals surface area contributed by atoms with Crippen molar-refractivity contribution in [2.24, 2.45) is 5.92 Å². The Labute approximate surface area is 266 Å². The van der Waals surface area contributed by atoms with E-state index in [1.807, 2.05) is 13.8 Å². The first kappa shape index (κ1) is 33.4. The molecule has 0 spiro atoms. The van der Waals surface area contributed by atoms with Gasteiger partial charge in [-0.3, -0.25) is 13.9 Å². The summed E-state index contributed by atoms with van der Waals surface area (Å²) in [6.45, 7) is 5.89. The molecule has 0 unspecified atom stereocenters. The molecular weight excluding hydrogens is 632 g/mol. The normalized spacial score (nSPS) is 13.3. The van der Waals surface area contributed by atoms with E-state index >= 15 is 0 Å². The first-order chi connectivity index (χ1) is 20.9. The largest absolute Gasteiger partial charge is 0.486 e. The number of hydrogen-bond acceptors (Lipinski definition) is 6. The number of fused-ring (bicyclic) bond motifs is 1. The van der Waals surface area contributed by atoms with Gasteiger partial charge in [-0.2, -0.15) is 0 Å². The van der Waals surface area contributed by atoms with E-state index < -0.39 is 34.3 Å². The number of nitrogens with zero attached hydrogens (tertiary/aromatic N) is 2. The highest BCUT2D eigenvalue weighted by Crippen LogP contribution is 2.34. The Morgan fingerprint density at radius 1 is 0.955 bits per heavy atom. The molecular formula is C31H34Cl2FN3O6S. The van der Waals surface area contributed by atoms with E-state index in [9.17, 15) is 22.4 Å². The van der Waals surface area contributed by atoms with Gasteiger partial charge in [-0.25, -0.2) is 12.8 Å². The number of benzene rings is 3. The monoisotopic (exact) mass is 665 g/mol. The average molecular weight is 667 g/mol. The maximum absolute atomic E-state index is 14.2. The molecule has 236 valence electrons. The molecule has 1 aliphatic heterocycles. The number of sulfonamides is 1. The average Bonchev–Trinajstić information content (AvgIpc) is 3.00. The Morgan fingerprint density at radius 2 is 1.64 bits per heavy atom. The maximum Gasteiger partial charge on any atom is 0.264 e. The van der Waals surface area contributed by atoms with Crippen LogP contribution < -0.4 is 19.1 Å². The second-order valence-corrected chi connectivity index (χ2v) is 13.3. The third-order valence-electron chi connectivity index (χ3n) is 6.90. The molecule has 1 aliphatic rings. The van der Waals surface area contributed by atoms with Crippen LogP contribution in [0.3, 0.4) is 0 Å². The fourth-order valence-electron chi connectivity index (χ4n) is 4.62. The van der Waals surface area contributed by atoms with Crippen molar-refractivity contribution in [2.75, 3.05) is 30.6 Å². The van der Waals surface area contributed by atoms with E-state index in [2.05, 4.69) is 5.32 Å². The lowest BCUT2D eigenvalue weighted by Crippen LogP contribution is -2.52. The first-order valence-electron chi connectivity index (χ1n) is 14.1. The van der Waals surface area contributed by atoms with Crippen LogP contribution in [0.15, 0.2) is 65.6 Å². The van der Waals surface area contributed by atoms with Gasteiger partial charge < -0.3 is 19.7 Å². The number of anilines is 1. The molecule has 0 aliphatic carbocycles. The molecule has 1 heterocycles. The molecule has 0 aromatic heterocycles. The van der Waals surface area contributed by atoms with Gasteiger partial charge in [0, 0.05) is 19.2 Å². The van der Waals surface area contributed by atoms with Gasteiger partial charge >= 0.3 is 0 Å². The Kier molecular flexibility index (Phi) is 11.0. The fourth-order valence-corrected chi connectivity index (χ4v) is 6.37. The van der Waals surface area contributed by atoms with Gasteiger partial charge in [0.05, 0.1) is 20.6 Å². The summed E-state index contributed by atoms with van der Waals surface area (Å²) in [6, 6.07) is 12.8. The number of halogens is 3. The molecule has 0 fully saturated rings. The van der Waals surface area contributed by atoms with Crippen molar-refractivity contribution in [3.8, 4) is 11.5 Å². The highest BCUT2D eigenvalue weighted by molar-refractivity contribution is 7.92. The van der Waals surface area contributed by atoms with Gasteiger partial charge in [-0.05, 0) is 66.4 Å². The van der Waals surface area contributed by atoms with E-state index in [0.29, 0.717) is 29.5 Å². The molecule has 0 bridgehead atoms. The highest BCUT2D eigenvalue weighted by atomic mass is 35.5. The minimum absolute atomic E-state index is 0.0509. The van der Waals surface area contributed by atoms with Crippen LogP contribution >= 0.6 is 23.2 Å². The van der Waals surface area contributed by atoms with Crippen LogP contribution in [0.1, 0.15) is 32.8 Å². The van der Waals surface area contributed by atoms with Crippen molar-refractivity contribution in [1.82, 2.24) is 10.2 Å². The van der Waals surface area contributed by atoms with Crippen molar-refractivity contribution in [3.05, 3.63) is 82.1 Å². The molecule has 1 N–H and O–H groups in total. The highest BCUT2D eigenvalue weighted by Gasteiger charge is 2.34. The summed E-state index contributed by atoms with van der Waals surface area (Å²) in [5.41, 5.74) is 0.646. The lowest BCUT2D eigenvalue weighted by molar-refractivity contribution is -0.140. The SMILES string of the molecule is CC[C@H](C(=O)NCC(C)C)N(Cc1ccc(Cl)c(Cl)c1)C(=O)CN(c1ccc(F)cc1)S(=O)(=O)c1ccc2c(c1)OCCO2. The standard InChI is InChI=1S/C31H34Cl2FN3O6S/c1-4-27(31(39)35-17-20(2)3)36(18-21-5-11-25(32)26(33)15-21)30(38)19-37(23-8-6-22(34)7-9-23)44(40,41)24-10-12-28-29(16-24)43-14-13-42-28/h5-12,15-16,20,27H,4,13-14,17-19H2,1-3H3,(H,35,39)/t27-/m1/s1. The number of carbonyl (C=O) groups is 2. The van der Waals surface area contributed by atoms with Crippen LogP contribution in [0.25, 0.3) is 0 Å². The summed E-state index contributed by atoms with van der Waals surface area (Å²) in [7, 11) is -4.40. The molecule has 3 aromatic rings. The molecule has 4 rings (SSSR count). The van der Waals surface area contributed by atoms with Crippen LogP contribution in [0.5, 0.6) is 11.5 Å². The van der Waals surface area contributed by atoms with Crippen LogP contribution in [-0.2, 0) is 26.2 Å². The van der Waals surface area contributed by atoms with Crippen molar-refractivity contribution in [1.29, 1.82) is 0 Å². The third-order valence-corrected chi connectivity index (χ3v) is 9.41. The third kappa shape index (κ3) is 7.94. The Bertz CT molecular complexity index is 1600. The lowest BCUT2D eigenvalue weighted by atomic mass is 10.1. The summed E-state index contributed by atoms with van der Waals surface area (Å²) < 4.78 is 54.1. The summed E-state index contributed by atoms with van der Waals surface area (Å²) >= 11 is 12.3.